The summed E-state index contributed by atoms with van der Waals surface area (Å²) in [6.07, 6.45) is -3.15. The molecule has 0 bridgehead atoms. The number of halogens is 4. The lowest BCUT2D eigenvalue weighted by Crippen LogP contribution is -2.29. The van der Waals surface area contributed by atoms with E-state index in [1.165, 1.54) is 12.1 Å². The molecule has 1 saturated heterocycles. The van der Waals surface area contributed by atoms with Crippen molar-refractivity contribution in [1.82, 2.24) is 0 Å². The molecule has 0 aliphatic carbocycles. The molecule has 19 heavy (non-hydrogen) atoms. The first-order valence-electron chi connectivity index (χ1n) is 6.00. The minimum Gasteiger partial charge on any atom is -0.406 e. The third kappa shape index (κ3) is 4.58. The number of alkyl halides is 4. The summed E-state index contributed by atoms with van der Waals surface area (Å²) in [7, 11) is 0. The van der Waals surface area contributed by atoms with E-state index in [0.29, 0.717) is 19.6 Å². The molecule has 1 aromatic rings. The molecule has 0 spiro atoms. The minimum absolute atomic E-state index is 0.0554. The third-order valence-corrected chi connectivity index (χ3v) is 3.61. The van der Waals surface area contributed by atoms with Crippen LogP contribution in [0.15, 0.2) is 24.3 Å². The molecule has 106 valence electrons. The van der Waals surface area contributed by atoms with Gasteiger partial charge in [-0.3, -0.25) is 0 Å². The summed E-state index contributed by atoms with van der Waals surface area (Å²) < 4.78 is 45.2. The smallest absolute Gasteiger partial charge is 0.406 e. The van der Waals surface area contributed by atoms with Crippen LogP contribution in [0.2, 0.25) is 0 Å². The Morgan fingerprint density at radius 1 is 1.26 bits per heavy atom. The maximum Gasteiger partial charge on any atom is 0.573 e. The van der Waals surface area contributed by atoms with Crippen molar-refractivity contribution in [3.05, 3.63) is 29.8 Å². The van der Waals surface area contributed by atoms with Crippen LogP contribution in [-0.4, -0.2) is 25.0 Å². The van der Waals surface area contributed by atoms with Crippen LogP contribution in [0.4, 0.5) is 13.2 Å². The highest BCUT2D eigenvalue weighted by molar-refractivity contribution is 6.20. The lowest BCUT2D eigenvalue weighted by atomic mass is 9.94. The van der Waals surface area contributed by atoms with E-state index in [-0.39, 0.29) is 17.0 Å². The first-order valence-corrected chi connectivity index (χ1v) is 6.44. The number of ether oxygens (including phenoxy) is 2. The fraction of sp³-hybridized carbons (Fsp3) is 0.538. The van der Waals surface area contributed by atoms with Gasteiger partial charge in [-0.1, -0.05) is 12.1 Å². The molecule has 1 aliphatic heterocycles. The zero-order valence-corrected chi connectivity index (χ0v) is 10.9. The number of hydrogen-bond donors (Lipinski definition) is 0. The van der Waals surface area contributed by atoms with Gasteiger partial charge >= 0.3 is 6.36 Å². The molecule has 2 nitrogen and oxygen atoms in total. The molecule has 1 aliphatic rings. The van der Waals surface area contributed by atoms with Crippen LogP contribution in [-0.2, 0) is 11.2 Å². The highest BCUT2D eigenvalue weighted by Crippen LogP contribution is 2.26. The number of benzene rings is 1. The summed E-state index contributed by atoms with van der Waals surface area (Å²) in [5, 5.41) is 0.0554. The minimum atomic E-state index is -4.65. The fourth-order valence-corrected chi connectivity index (χ4v) is 2.34. The molecule has 6 heteroatoms. The lowest BCUT2D eigenvalue weighted by Gasteiger charge is -2.27. The molecule has 2 rings (SSSR count). The van der Waals surface area contributed by atoms with Gasteiger partial charge < -0.3 is 9.47 Å². The average Bonchev–Trinajstić information content (AvgIpc) is 2.33. The van der Waals surface area contributed by atoms with Crippen LogP contribution in [0.1, 0.15) is 12.0 Å². The van der Waals surface area contributed by atoms with Crippen LogP contribution in [0.3, 0.4) is 0 Å². The van der Waals surface area contributed by atoms with Gasteiger partial charge in [-0.25, -0.2) is 0 Å². The molecule has 0 amide bonds. The van der Waals surface area contributed by atoms with E-state index < -0.39 is 6.36 Å². The van der Waals surface area contributed by atoms with Gasteiger partial charge in [-0.05, 0) is 30.5 Å². The molecule has 0 N–H and O–H groups in total. The van der Waals surface area contributed by atoms with E-state index in [2.05, 4.69) is 4.74 Å². The first-order chi connectivity index (χ1) is 8.94. The van der Waals surface area contributed by atoms with Crippen molar-refractivity contribution in [1.29, 1.82) is 0 Å². The Morgan fingerprint density at radius 2 is 1.95 bits per heavy atom. The Morgan fingerprint density at radius 3 is 2.53 bits per heavy atom. The van der Waals surface area contributed by atoms with E-state index >= 15 is 0 Å². The molecule has 0 saturated carbocycles. The van der Waals surface area contributed by atoms with Gasteiger partial charge in [0.05, 0.1) is 6.61 Å². The molecule has 1 heterocycles. The summed E-state index contributed by atoms with van der Waals surface area (Å²) in [5.41, 5.74) is 0.927. The highest BCUT2D eigenvalue weighted by Gasteiger charge is 2.31. The van der Waals surface area contributed by atoms with E-state index in [1.54, 1.807) is 12.1 Å². The molecule has 2 atom stereocenters. The maximum absolute atomic E-state index is 12.0. The molecule has 1 fully saturated rings. The van der Waals surface area contributed by atoms with Crippen LogP contribution in [0, 0.1) is 5.92 Å². The summed E-state index contributed by atoms with van der Waals surface area (Å²) in [5.74, 6) is -0.0108. The second kappa shape index (κ2) is 6.01. The molecule has 2 unspecified atom stereocenters. The van der Waals surface area contributed by atoms with Crippen LogP contribution < -0.4 is 4.74 Å². The molecular weight excluding hydrogens is 281 g/mol. The lowest BCUT2D eigenvalue weighted by molar-refractivity contribution is -0.274. The highest BCUT2D eigenvalue weighted by atomic mass is 35.5. The summed E-state index contributed by atoms with van der Waals surface area (Å²) in [6.45, 7) is 1.26. The summed E-state index contributed by atoms with van der Waals surface area (Å²) >= 11 is 6.20. The Labute approximate surface area is 114 Å². The number of rotatable bonds is 3. The molecular formula is C13H14ClF3O2. The topological polar surface area (TPSA) is 18.5 Å². The molecule has 1 aromatic carbocycles. The van der Waals surface area contributed by atoms with Crippen molar-refractivity contribution in [2.24, 2.45) is 5.92 Å². The zero-order valence-electron chi connectivity index (χ0n) is 10.1. The SMILES string of the molecule is FC(F)(F)Oc1ccc(CC2COCCC2Cl)cc1. The van der Waals surface area contributed by atoms with Gasteiger partial charge in [0.15, 0.2) is 0 Å². The first kappa shape index (κ1) is 14.5. The van der Waals surface area contributed by atoms with Crippen LogP contribution in [0.5, 0.6) is 5.75 Å². The quantitative estimate of drug-likeness (QED) is 0.790. The zero-order chi connectivity index (χ0) is 13.9. The van der Waals surface area contributed by atoms with Crippen molar-refractivity contribution in [2.75, 3.05) is 13.2 Å². The van der Waals surface area contributed by atoms with Gasteiger partial charge in [-0.15, -0.1) is 24.8 Å². The Hall–Kier alpha value is -0.940. The Balaban J connectivity index is 1.94. The van der Waals surface area contributed by atoms with E-state index in [9.17, 15) is 13.2 Å². The Kier molecular flexibility index (Phi) is 4.58. The normalized spacial score (nSPS) is 24.2. The largest absolute Gasteiger partial charge is 0.573 e. The fourth-order valence-electron chi connectivity index (χ4n) is 2.09. The van der Waals surface area contributed by atoms with Crippen molar-refractivity contribution < 1.29 is 22.6 Å². The molecule has 0 radical (unpaired) electrons. The predicted octanol–water partition coefficient (Wildman–Crippen LogP) is 3.77. The summed E-state index contributed by atoms with van der Waals surface area (Å²) in [6, 6.07) is 5.88. The second-order valence-electron chi connectivity index (χ2n) is 4.54. The second-order valence-corrected chi connectivity index (χ2v) is 5.10. The van der Waals surface area contributed by atoms with Gasteiger partial charge in [0.25, 0.3) is 0 Å². The maximum atomic E-state index is 12.0. The van der Waals surface area contributed by atoms with E-state index in [1.807, 2.05) is 0 Å². The van der Waals surface area contributed by atoms with Crippen LogP contribution >= 0.6 is 11.6 Å². The summed E-state index contributed by atoms with van der Waals surface area (Å²) in [4.78, 5) is 0. The van der Waals surface area contributed by atoms with E-state index in [4.69, 9.17) is 16.3 Å². The van der Waals surface area contributed by atoms with E-state index in [0.717, 1.165) is 12.0 Å². The average molecular weight is 295 g/mol. The monoisotopic (exact) mass is 294 g/mol. The van der Waals surface area contributed by atoms with Gasteiger partial charge in [-0.2, -0.15) is 0 Å². The molecule has 0 aromatic heterocycles. The van der Waals surface area contributed by atoms with Crippen molar-refractivity contribution in [3.8, 4) is 5.75 Å². The number of hydrogen-bond acceptors (Lipinski definition) is 2. The Bertz CT molecular complexity index is 405. The standard InChI is InChI=1S/C13H14ClF3O2/c14-12-5-6-18-8-10(12)7-9-1-3-11(4-2-9)19-13(15,16)17/h1-4,10,12H,5-8H2. The predicted molar refractivity (Wildman–Crippen MR) is 65.4 cm³/mol. The van der Waals surface area contributed by atoms with Crippen molar-refractivity contribution in [2.45, 2.75) is 24.6 Å². The van der Waals surface area contributed by atoms with Crippen molar-refractivity contribution >= 4 is 11.6 Å². The van der Waals surface area contributed by atoms with Crippen LogP contribution in [0.25, 0.3) is 0 Å². The third-order valence-electron chi connectivity index (χ3n) is 3.04. The van der Waals surface area contributed by atoms with Crippen molar-refractivity contribution in [3.63, 3.8) is 0 Å². The van der Waals surface area contributed by atoms with Gasteiger partial charge in [0, 0.05) is 17.9 Å². The van der Waals surface area contributed by atoms with Gasteiger partial charge in [0.2, 0.25) is 0 Å². The van der Waals surface area contributed by atoms with Gasteiger partial charge in [0.1, 0.15) is 5.75 Å².